The van der Waals surface area contributed by atoms with Crippen molar-refractivity contribution in [2.45, 2.75) is 18.5 Å². The third kappa shape index (κ3) is 6.27. The quantitative estimate of drug-likeness (QED) is 0.603. The largest absolute Gasteiger partial charge is 0.490 e. The Kier molecular flexibility index (Phi) is 5.39. The maximum Gasteiger partial charge on any atom is 0.490 e. The van der Waals surface area contributed by atoms with Gasteiger partial charge in [0, 0.05) is 0 Å². The summed E-state index contributed by atoms with van der Waals surface area (Å²) >= 11 is 0. The highest BCUT2D eigenvalue weighted by molar-refractivity contribution is 5.76. The Balaban J connectivity index is 3.97. The van der Waals surface area contributed by atoms with E-state index in [1.54, 1.807) is 0 Å². The second-order valence-electron chi connectivity index (χ2n) is 2.85. The van der Waals surface area contributed by atoms with Crippen LogP contribution in [-0.2, 0) is 19.1 Å². The Morgan fingerprint density at radius 2 is 1.17 bits per heavy atom. The van der Waals surface area contributed by atoms with Crippen LogP contribution in [0.3, 0.4) is 0 Å². The van der Waals surface area contributed by atoms with Gasteiger partial charge in [0.25, 0.3) is 0 Å². The van der Waals surface area contributed by atoms with Gasteiger partial charge in [-0.05, 0) is 0 Å². The molecular weight excluding hydrogens is 278 g/mol. The minimum absolute atomic E-state index is 1.26. The van der Waals surface area contributed by atoms with Gasteiger partial charge in [0.2, 0.25) is 0 Å². The predicted molar refractivity (Wildman–Crippen MR) is 40.0 cm³/mol. The van der Waals surface area contributed by atoms with Crippen LogP contribution >= 0.6 is 0 Å². The molecule has 0 aliphatic rings. The molecule has 0 saturated carbocycles. The molecular formula is C7H6F6O5. The summed E-state index contributed by atoms with van der Waals surface area (Å²) in [5.74, 6) is -5.24. The van der Waals surface area contributed by atoms with Crippen molar-refractivity contribution < 1.29 is 50.5 Å². The van der Waals surface area contributed by atoms with E-state index >= 15 is 0 Å². The van der Waals surface area contributed by atoms with Crippen molar-refractivity contribution in [3.05, 3.63) is 0 Å². The van der Waals surface area contributed by atoms with Gasteiger partial charge in [-0.15, -0.1) is 0 Å². The summed E-state index contributed by atoms with van der Waals surface area (Å²) in [7, 11) is 0. The van der Waals surface area contributed by atoms with Crippen LogP contribution in [0.4, 0.5) is 26.3 Å². The van der Waals surface area contributed by atoms with Gasteiger partial charge in [-0.1, -0.05) is 0 Å². The minimum Gasteiger partial charge on any atom is -0.456 e. The van der Waals surface area contributed by atoms with Gasteiger partial charge in [0.1, 0.15) is 19.3 Å². The van der Waals surface area contributed by atoms with E-state index in [1.165, 1.54) is 0 Å². The summed E-state index contributed by atoms with van der Waals surface area (Å²) in [4.78, 5) is 20.2. The van der Waals surface area contributed by atoms with Gasteiger partial charge in [0.15, 0.2) is 0 Å². The Labute approximate surface area is 95.3 Å². The maximum absolute atomic E-state index is 11.6. The summed E-state index contributed by atoms with van der Waals surface area (Å²) in [5, 5.41) is 8.79. The molecule has 0 amide bonds. The first-order valence-electron chi connectivity index (χ1n) is 4.10. The number of hydrogen-bond donors (Lipinski definition) is 1. The van der Waals surface area contributed by atoms with Crippen molar-refractivity contribution in [2.75, 3.05) is 13.2 Å². The fourth-order valence-corrected chi connectivity index (χ4v) is 0.556. The zero-order chi connectivity index (χ0) is 14.6. The number of hydrogen-bond acceptors (Lipinski definition) is 5. The lowest BCUT2D eigenvalue weighted by molar-refractivity contribution is -0.207. The lowest BCUT2D eigenvalue weighted by Crippen LogP contribution is -2.33. The van der Waals surface area contributed by atoms with E-state index in [-0.39, 0.29) is 0 Å². The van der Waals surface area contributed by atoms with E-state index in [4.69, 9.17) is 5.11 Å². The lowest BCUT2D eigenvalue weighted by atomic mass is 10.4. The molecule has 0 radical (unpaired) electrons. The van der Waals surface area contributed by atoms with Gasteiger partial charge < -0.3 is 14.6 Å². The first-order chi connectivity index (χ1) is 7.94. The monoisotopic (exact) mass is 284 g/mol. The van der Waals surface area contributed by atoms with Crippen molar-refractivity contribution >= 4 is 11.9 Å². The number of halogens is 6. The molecule has 0 aromatic rings. The zero-order valence-corrected chi connectivity index (χ0v) is 8.34. The fourth-order valence-electron chi connectivity index (χ4n) is 0.556. The third-order valence-corrected chi connectivity index (χ3v) is 1.28. The van der Waals surface area contributed by atoms with Crippen LogP contribution in [0, 0.1) is 0 Å². The van der Waals surface area contributed by atoms with Crippen LogP contribution in [0.25, 0.3) is 0 Å². The zero-order valence-electron chi connectivity index (χ0n) is 8.34. The van der Waals surface area contributed by atoms with E-state index in [1.807, 2.05) is 0 Å². The van der Waals surface area contributed by atoms with Gasteiger partial charge in [0.05, 0.1) is 0 Å². The second-order valence-corrected chi connectivity index (χ2v) is 2.85. The minimum atomic E-state index is -5.29. The third-order valence-electron chi connectivity index (χ3n) is 1.28. The smallest absolute Gasteiger partial charge is 0.456 e. The maximum atomic E-state index is 11.6. The Bertz CT molecular complexity index is 278. The Morgan fingerprint density at radius 1 is 0.889 bits per heavy atom. The number of rotatable bonds is 4. The first-order valence-corrected chi connectivity index (χ1v) is 4.10. The van der Waals surface area contributed by atoms with Crippen molar-refractivity contribution in [2.24, 2.45) is 0 Å². The van der Waals surface area contributed by atoms with Gasteiger partial charge in [-0.25, -0.2) is 9.59 Å². The molecule has 0 aliphatic heterocycles. The van der Waals surface area contributed by atoms with Gasteiger partial charge in [-0.3, -0.25) is 0 Å². The van der Waals surface area contributed by atoms with Crippen LogP contribution in [0.1, 0.15) is 0 Å². The predicted octanol–water partition coefficient (Wildman–Crippen LogP) is 0.558. The SMILES string of the molecule is O=C(OCC(O)COC(=O)C(F)(F)F)C(F)(F)F. The average molecular weight is 284 g/mol. The summed E-state index contributed by atoms with van der Waals surface area (Å²) < 4.78 is 76.5. The summed E-state index contributed by atoms with van der Waals surface area (Å²) in [6.07, 6.45) is -12.6. The van der Waals surface area contributed by atoms with Crippen molar-refractivity contribution in [3.8, 4) is 0 Å². The van der Waals surface area contributed by atoms with Crippen LogP contribution in [0.2, 0.25) is 0 Å². The van der Waals surface area contributed by atoms with Gasteiger partial charge >= 0.3 is 24.3 Å². The molecule has 1 N–H and O–H groups in total. The molecule has 0 unspecified atom stereocenters. The molecule has 0 saturated heterocycles. The van der Waals surface area contributed by atoms with E-state index in [0.717, 1.165) is 0 Å². The molecule has 0 aliphatic carbocycles. The Hall–Kier alpha value is -1.52. The van der Waals surface area contributed by atoms with Crippen LogP contribution in [0.5, 0.6) is 0 Å². The van der Waals surface area contributed by atoms with Crippen molar-refractivity contribution in [3.63, 3.8) is 0 Å². The molecule has 0 spiro atoms. The molecule has 0 fully saturated rings. The van der Waals surface area contributed by atoms with E-state index in [0.29, 0.717) is 0 Å². The number of carbonyl (C=O) groups is 2. The summed E-state index contributed by atoms with van der Waals surface area (Å²) in [6.45, 7) is -2.52. The van der Waals surface area contributed by atoms with E-state index < -0.39 is 43.6 Å². The summed E-state index contributed by atoms with van der Waals surface area (Å²) in [6, 6.07) is 0. The fraction of sp³-hybridized carbons (Fsp3) is 0.714. The molecule has 5 nitrogen and oxygen atoms in total. The van der Waals surface area contributed by atoms with Gasteiger partial charge in [-0.2, -0.15) is 26.3 Å². The number of aliphatic hydroxyl groups excluding tert-OH is 1. The molecule has 0 aromatic carbocycles. The second kappa shape index (κ2) is 5.89. The number of aliphatic hydroxyl groups is 1. The molecule has 0 aromatic heterocycles. The lowest BCUT2D eigenvalue weighted by Gasteiger charge is -2.13. The molecule has 106 valence electrons. The first kappa shape index (κ1) is 16.5. The molecule has 11 heteroatoms. The normalized spacial score (nSPS) is 12.4. The number of ether oxygens (including phenoxy) is 2. The molecule has 0 heterocycles. The highest BCUT2D eigenvalue weighted by Gasteiger charge is 2.42. The number of alkyl halides is 6. The standard InChI is InChI=1S/C7H6F6O5/c8-6(9,10)4(15)17-1-3(14)2-18-5(16)7(11,12)13/h3,14H,1-2H2. The molecule has 0 rings (SSSR count). The average Bonchev–Trinajstić information content (AvgIpc) is 2.19. The molecule has 0 bridgehead atoms. The summed E-state index contributed by atoms with van der Waals surface area (Å²) in [5.41, 5.74) is 0. The van der Waals surface area contributed by atoms with E-state index in [2.05, 4.69) is 9.47 Å². The van der Waals surface area contributed by atoms with E-state index in [9.17, 15) is 35.9 Å². The highest BCUT2D eigenvalue weighted by Crippen LogP contribution is 2.17. The molecule has 0 atom stereocenters. The molecule has 18 heavy (non-hydrogen) atoms. The van der Waals surface area contributed by atoms with Crippen molar-refractivity contribution in [1.29, 1.82) is 0 Å². The number of carbonyl (C=O) groups excluding carboxylic acids is 2. The number of esters is 2. The Morgan fingerprint density at radius 3 is 1.39 bits per heavy atom. The van der Waals surface area contributed by atoms with Crippen LogP contribution < -0.4 is 0 Å². The van der Waals surface area contributed by atoms with Crippen molar-refractivity contribution in [1.82, 2.24) is 0 Å². The van der Waals surface area contributed by atoms with Crippen LogP contribution in [0.15, 0.2) is 0 Å². The highest BCUT2D eigenvalue weighted by atomic mass is 19.4. The van der Waals surface area contributed by atoms with Crippen LogP contribution in [-0.4, -0.2) is 48.7 Å². The topological polar surface area (TPSA) is 72.8 Å².